The number of nitrogens with zero attached hydrogens (tertiary/aromatic N) is 2. The molecule has 1 aromatic rings. The molecule has 0 unspecified atom stereocenters. The lowest BCUT2D eigenvalue weighted by Gasteiger charge is -2.11. The van der Waals surface area contributed by atoms with E-state index in [1.54, 1.807) is 6.92 Å². The predicted molar refractivity (Wildman–Crippen MR) is 42.8 cm³/mol. The maximum atomic E-state index is 11.9. The highest BCUT2D eigenvalue weighted by Gasteiger charge is 2.15. The summed E-state index contributed by atoms with van der Waals surface area (Å²) in [6.07, 6.45) is 2.58. The average Bonchev–Trinajstić information content (AvgIpc) is 2.32. The smallest absolute Gasteiger partial charge is 0.388 e. The number of halogens is 2. The molecule has 1 aromatic heterocycles. The van der Waals surface area contributed by atoms with Gasteiger partial charge in [0.25, 0.3) is 0 Å². The summed E-state index contributed by atoms with van der Waals surface area (Å²) in [5.41, 5.74) is 0.494. The van der Waals surface area contributed by atoms with Crippen molar-refractivity contribution in [3.63, 3.8) is 0 Å². The summed E-state index contributed by atoms with van der Waals surface area (Å²) in [5.74, 6) is 0.0880. The molecular weight excluding hydrogens is 178 g/mol. The summed E-state index contributed by atoms with van der Waals surface area (Å²) in [6.45, 7) is 2.47. The summed E-state index contributed by atoms with van der Waals surface area (Å²) >= 11 is 0. The summed E-state index contributed by atoms with van der Waals surface area (Å²) < 4.78 is 29.6. The fourth-order valence-corrected chi connectivity index (χ4v) is 0.971. The molecule has 0 amide bonds. The molecule has 1 heterocycles. The van der Waals surface area contributed by atoms with Gasteiger partial charge in [0, 0.05) is 5.56 Å². The van der Waals surface area contributed by atoms with Crippen molar-refractivity contribution < 1.29 is 13.5 Å². The van der Waals surface area contributed by atoms with Gasteiger partial charge in [0.05, 0.1) is 6.04 Å². The van der Waals surface area contributed by atoms with E-state index in [-0.39, 0.29) is 11.9 Å². The fraction of sp³-hybridized carbons (Fsp3) is 0.625. The van der Waals surface area contributed by atoms with E-state index in [0.717, 1.165) is 0 Å². The molecule has 0 saturated heterocycles. The second kappa shape index (κ2) is 3.72. The quantitative estimate of drug-likeness (QED) is 0.728. The molecule has 3 nitrogen and oxygen atoms in total. The molecule has 0 N–H and O–H groups in total. The number of hydrogen-bond acceptors (Lipinski definition) is 2. The molecule has 0 bridgehead atoms. The van der Waals surface area contributed by atoms with Crippen LogP contribution in [0.4, 0.5) is 8.78 Å². The number of aromatic nitrogens is 2. The van der Waals surface area contributed by atoms with Crippen LogP contribution in [-0.4, -0.2) is 16.4 Å². The number of alkyl halides is 2. The van der Waals surface area contributed by atoms with Gasteiger partial charge in [-0.1, -0.05) is 0 Å². The van der Waals surface area contributed by atoms with Crippen LogP contribution in [-0.2, 0) is 0 Å². The Bertz CT molecular complexity index is 284. The first kappa shape index (κ1) is 9.95. The molecule has 0 aliphatic rings. The molecule has 0 fully saturated rings. The van der Waals surface area contributed by atoms with Crippen molar-refractivity contribution >= 4 is 0 Å². The third kappa shape index (κ3) is 2.17. The van der Waals surface area contributed by atoms with E-state index in [1.807, 2.05) is 13.8 Å². The molecule has 0 spiro atoms. The molecule has 0 aliphatic heterocycles. The minimum Gasteiger partial charge on any atom is -0.417 e. The number of ether oxygens (including phenoxy) is 1. The lowest BCUT2D eigenvalue weighted by molar-refractivity contribution is -0.0568. The van der Waals surface area contributed by atoms with Crippen LogP contribution in [0.1, 0.15) is 25.5 Å². The van der Waals surface area contributed by atoms with Gasteiger partial charge in [-0.25, -0.2) is 4.68 Å². The van der Waals surface area contributed by atoms with Crippen LogP contribution in [0.2, 0.25) is 0 Å². The highest BCUT2D eigenvalue weighted by atomic mass is 19.3. The zero-order valence-electron chi connectivity index (χ0n) is 7.71. The fourth-order valence-electron chi connectivity index (χ4n) is 0.971. The normalized spacial score (nSPS) is 11.3. The third-order valence-electron chi connectivity index (χ3n) is 1.54. The first-order valence-corrected chi connectivity index (χ1v) is 3.94. The number of rotatable bonds is 3. The molecule has 0 aliphatic carbocycles. The first-order valence-electron chi connectivity index (χ1n) is 3.94. The van der Waals surface area contributed by atoms with Crippen LogP contribution in [0.3, 0.4) is 0 Å². The summed E-state index contributed by atoms with van der Waals surface area (Å²) in [4.78, 5) is 0. The van der Waals surface area contributed by atoms with Crippen molar-refractivity contribution in [1.82, 2.24) is 9.78 Å². The van der Waals surface area contributed by atoms with Gasteiger partial charge in [-0.3, -0.25) is 0 Å². The minimum absolute atomic E-state index is 0.0151. The van der Waals surface area contributed by atoms with E-state index in [2.05, 4.69) is 16.0 Å². The zero-order chi connectivity index (χ0) is 10.0. The van der Waals surface area contributed by atoms with Crippen molar-refractivity contribution in [2.24, 2.45) is 0 Å². The van der Waals surface area contributed by atoms with Crippen LogP contribution < -0.4 is 4.74 Å². The molecule has 0 aromatic carbocycles. The Labute approximate surface area is 75.3 Å². The van der Waals surface area contributed by atoms with Crippen molar-refractivity contribution in [3.8, 4) is 5.88 Å². The van der Waals surface area contributed by atoms with Crippen LogP contribution in [0, 0.1) is 13.1 Å². The van der Waals surface area contributed by atoms with Gasteiger partial charge in [0.15, 0.2) is 0 Å². The van der Waals surface area contributed by atoms with Gasteiger partial charge in [-0.2, -0.15) is 13.9 Å². The van der Waals surface area contributed by atoms with Gasteiger partial charge in [0.2, 0.25) is 5.88 Å². The molecule has 5 heteroatoms. The van der Waals surface area contributed by atoms with Crippen LogP contribution in [0.25, 0.3) is 0 Å². The minimum atomic E-state index is -2.82. The standard InChI is InChI=1S/C8H11F2N2O/c1-5(2)12-7(13-8(9)10)6(3)4-11-12/h5,8H,1-3H3. The molecule has 13 heavy (non-hydrogen) atoms. The molecular formula is C8H11F2N2O. The third-order valence-corrected chi connectivity index (χ3v) is 1.54. The Morgan fingerprint density at radius 1 is 1.46 bits per heavy atom. The summed E-state index contributed by atoms with van der Waals surface area (Å²) in [7, 11) is 0. The lowest BCUT2D eigenvalue weighted by atomic mass is 10.3. The lowest BCUT2D eigenvalue weighted by Crippen LogP contribution is -2.11. The summed E-state index contributed by atoms with van der Waals surface area (Å²) in [5, 5.41) is 3.80. The SMILES string of the molecule is Cc1[c]nn(C(C)C)c1OC(F)F. The van der Waals surface area contributed by atoms with Gasteiger partial charge in [0.1, 0.15) is 6.20 Å². The largest absolute Gasteiger partial charge is 0.417 e. The zero-order valence-corrected chi connectivity index (χ0v) is 7.71. The Morgan fingerprint density at radius 2 is 2.08 bits per heavy atom. The van der Waals surface area contributed by atoms with Crippen molar-refractivity contribution in [3.05, 3.63) is 11.8 Å². The Hall–Kier alpha value is -1.13. The van der Waals surface area contributed by atoms with Crippen molar-refractivity contribution in [1.29, 1.82) is 0 Å². The topological polar surface area (TPSA) is 27.1 Å². The molecule has 0 saturated carbocycles. The van der Waals surface area contributed by atoms with Crippen molar-refractivity contribution in [2.75, 3.05) is 0 Å². The Kier molecular flexibility index (Phi) is 2.85. The first-order chi connectivity index (χ1) is 6.02. The van der Waals surface area contributed by atoms with Crippen LogP contribution in [0.5, 0.6) is 5.88 Å². The van der Waals surface area contributed by atoms with Gasteiger partial charge in [-0.05, 0) is 20.8 Å². The van der Waals surface area contributed by atoms with Crippen LogP contribution in [0.15, 0.2) is 0 Å². The van der Waals surface area contributed by atoms with Gasteiger partial charge in [-0.15, -0.1) is 0 Å². The van der Waals surface area contributed by atoms with E-state index < -0.39 is 6.61 Å². The van der Waals surface area contributed by atoms with E-state index >= 15 is 0 Å². The molecule has 1 radical (unpaired) electrons. The molecule has 1 rings (SSSR count). The summed E-state index contributed by atoms with van der Waals surface area (Å²) in [6, 6.07) is -0.0151. The average molecular weight is 189 g/mol. The van der Waals surface area contributed by atoms with E-state index in [1.165, 1.54) is 4.68 Å². The van der Waals surface area contributed by atoms with E-state index in [9.17, 15) is 8.78 Å². The number of hydrogen-bond donors (Lipinski definition) is 0. The maximum Gasteiger partial charge on any atom is 0.388 e. The van der Waals surface area contributed by atoms with E-state index in [4.69, 9.17) is 0 Å². The second-order valence-electron chi connectivity index (χ2n) is 2.96. The Balaban J connectivity index is 2.94. The molecule has 73 valence electrons. The second-order valence-corrected chi connectivity index (χ2v) is 2.96. The monoisotopic (exact) mass is 189 g/mol. The van der Waals surface area contributed by atoms with Crippen molar-refractivity contribution in [2.45, 2.75) is 33.4 Å². The van der Waals surface area contributed by atoms with Gasteiger partial charge < -0.3 is 4.74 Å². The highest BCUT2D eigenvalue weighted by Crippen LogP contribution is 2.22. The number of aryl methyl sites for hydroxylation is 1. The highest BCUT2D eigenvalue weighted by molar-refractivity contribution is 5.21. The van der Waals surface area contributed by atoms with E-state index in [0.29, 0.717) is 5.56 Å². The maximum absolute atomic E-state index is 11.9. The predicted octanol–water partition coefficient (Wildman–Crippen LogP) is 2.17. The van der Waals surface area contributed by atoms with Gasteiger partial charge >= 0.3 is 6.61 Å². The molecule has 0 atom stereocenters. The van der Waals surface area contributed by atoms with Crippen LogP contribution >= 0.6 is 0 Å². The Morgan fingerprint density at radius 3 is 2.54 bits per heavy atom.